The van der Waals surface area contributed by atoms with Crippen LogP contribution < -0.4 is 0 Å². The molecule has 108 valence electrons. The molecule has 2 rings (SSSR count). The maximum atomic E-state index is 12.3. The van der Waals surface area contributed by atoms with Crippen molar-refractivity contribution in [3.05, 3.63) is 33.8 Å². The zero-order valence-corrected chi connectivity index (χ0v) is 12.9. The monoisotopic (exact) mass is 313 g/mol. The van der Waals surface area contributed by atoms with Crippen LogP contribution in [-0.4, -0.2) is 29.2 Å². The lowest BCUT2D eigenvalue weighted by Gasteiger charge is -2.24. The second-order valence-electron chi connectivity index (χ2n) is 5.21. The highest BCUT2D eigenvalue weighted by Gasteiger charge is 2.29. The van der Waals surface area contributed by atoms with Gasteiger partial charge >= 0.3 is 0 Å². The summed E-state index contributed by atoms with van der Waals surface area (Å²) in [5.74, 6) is 0.177. The van der Waals surface area contributed by atoms with Crippen LogP contribution in [0.15, 0.2) is 18.2 Å². The van der Waals surface area contributed by atoms with Crippen LogP contribution in [0.4, 0.5) is 0 Å². The maximum Gasteiger partial charge on any atom is 0.227 e. The molecule has 0 saturated carbocycles. The van der Waals surface area contributed by atoms with Gasteiger partial charge in [-0.15, -0.1) is 0 Å². The average molecular weight is 314 g/mol. The first-order chi connectivity index (χ1) is 9.47. The van der Waals surface area contributed by atoms with Crippen molar-refractivity contribution in [2.45, 2.75) is 38.6 Å². The van der Waals surface area contributed by atoms with Crippen LogP contribution in [0.3, 0.4) is 0 Å². The smallest absolute Gasteiger partial charge is 0.227 e. The molecule has 1 saturated heterocycles. The van der Waals surface area contributed by atoms with Gasteiger partial charge in [0, 0.05) is 19.0 Å². The first-order valence-electron chi connectivity index (χ1n) is 6.70. The lowest BCUT2D eigenvalue weighted by molar-refractivity contribution is -0.132. The molecule has 3 nitrogen and oxygen atoms in total. The molecule has 1 aliphatic rings. The first kappa shape index (κ1) is 15.3. The van der Waals surface area contributed by atoms with Crippen molar-refractivity contribution < 1.29 is 9.59 Å². The molecule has 0 aromatic heterocycles. The molecule has 0 spiro atoms. The molecule has 1 aromatic rings. The van der Waals surface area contributed by atoms with Gasteiger partial charge in [-0.05, 0) is 37.5 Å². The maximum absolute atomic E-state index is 12.3. The van der Waals surface area contributed by atoms with Gasteiger partial charge in [-0.25, -0.2) is 0 Å². The molecule has 1 unspecified atom stereocenters. The summed E-state index contributed by atoms with van der Waals surface area (Å²) in [6, 6.07) is 5.28. The number of nitrogens with zero attached hydrogens (tertiary/aromatic N) is 1. The third-order valence-corrected chi connectivity index (χ3v) is 4.30. The summed E-state index contributed by atoms with van der Waals surface area (Å²) in [4.78, 5) is 25.4. The summed E-state index contributed by atoms with van der Waals surface area (Å²) < 4.78 is 0. The summed E-state index contributed by atoms with van der Waals surface area (Å²) >= 11 is 11.8. The number of amides is 1. The van der Waals surface area contributed by atoms with Crippen LogP contribution in [0, 0.1) is 0 Å². The summed E-state index contributed by atoms with van der Waals surface area (Å²) in [5.41, 5.74) is 0.845. The molecule has 0 bridgehead atoms. The number of likely N-dealkylation sites (tertiary alicyclic amines) is 1. The van der Waals surface area contributed by atoms with Crippen molar-refractivity contribution in [2.75, 3.05) is 6.54 Å². The highest BCUT2D eigenvalue weighted by molar-refractivity contribution is 6.42. The van der Waals surface area contributed by atoms with Gasteiger partial charge in [0.2, 0.25) is 5.91 Å². The summed E-state index contributed by atoms with van der Waals surface area (Å²) in [6.45, 7) is 2.30. The lowest BCUT2D eigenvalue weighted by Crippen LogP contribution is -2.37. The third kappa shape index (κ3) is 3.74. The Hall–Kier alpha value is -1.06. The molecule has 1 aromatic carbocycles. The van der Waals surface area contributed by atoms with E-state index in [2.05, 4.69) is 0 Å². The normalized spacial score (nSPS) is 18.4. The molecule has 1 atom stereocenters. The molecule has 1 amide bonds. The Balaban J connectivity index is 2.03. The van der Waals surface area contributed by atoms with Crippen molar-refractivity contribution in [3.8, 4) is 0 Å². The minimum atomic E-state index is 0.0483. The Morgan fingerprint density at radius 2 is 2.05 bits per heavy atom. The largest absolute Gasteiger partial charge is 0.339 e. The number of halogens is 2. The SMILES string of the molecule is CC(=O)CC1CCCN1C(=O)Cc1ccc(Cl)c(Cl)c1. The van der Waals surface area contributed by atoms with Crippen LogP contribution in [-0.2, 0) is 16.0 Å². The Labute approximate surface area is 128 Å². The van der Waals surface area contributed by atoms with Gasteiger partial charge in [0.15, 0.2) is 0 Å². The number of carbonyl (C=O) groups excluding carboxylic acids is 2. The van der Waals surface area contributed by atoms with Crippen LogP contribution in [0.2, 0.25) is 10.0 Å². The number of Topliss-reactive ketones (excluding diaryl/α,β-unsaturated/α-hetero) is 1. The van der Waals surface area contributed by atoms with Crippen molar-refractivity contribution in [2.24, 2.45) is 0 Å². The highest BCUT2D eigenvalue weighted by Crippen LogP contribution is 2.25. The Kier molecular flexibility index (Phi) is 5.06. The van der Waals surface area contributed by atoms with Gasteiger partial charge in [-0.3, -0.25) is 9.59 Å². The zero-order chi connectivity index (χ0) is 14.7. The molecule has 0 radical (unpaired) electrons. The van der Waals surface area contributed by atoms with Gasteiger partial charge in [-0.2, -0.15) is 0 Å². The van der Waals surface area contributed by atoms with E-state index < -0.39 is 0 Å². The van der Waals surface area contributed by atoms with Gasteiger partial charge in [0.1, 0.15) is 5.78 Å². The van der Waals surface area contributed by atoms with E-state index in [1.165, 1.54) is 0 Å². The molecule has 1 fully saturated rings. The van der Waals surface area contributed by atoms with E-state index in [1.54, 1.807) is 19.1 Å². The average Bonchev–Trinajstić information content (AvgIpc) is 2.81. The minimum absolute atomic E-state index is 0.0483. The molecule has 20 heavy (non-hydrogen) atoms. The van der Waals surface area contributed by atoms with Crippen LogP contribution >= 0.6 is 23.2 Å². The van der Waals surface area contributed by atoms with Crippen molar-refractivity contribution >= 4 is 34.9 Å². The quantitative estimate of drug-likeness (QED) is 0.853. The van der Waals surface area contributed by atoms with E-state index in [9.17, 15) is 9.59 Å². The lowest BCUT2D eigenvalue weighted by atomic mass is 10.1. The van der Waals surface area contributed by atoms with Gasteiger partial charge in [0.05, 0.1) is 16.5 Å². The molecular formula is C15H17Cl2NO2. The number of benzene rings is 1. The molecule has 0 N–H and O–H groups in total. The fraction of sp³-hybridized carbons (Fsp3) is 0.467. The predicted molar refractivity (Wildman–Crippen MR) is 80.2 cm³/mol. The van der Waals surface area contributed by atoms with Crippen molar-refractivity contribution in [3.63, 3.8) is 0 Å². The van der Waals surface area contributed by atoms with Gasteiger partial charge in [-0.1, -0.05) is 29.3 Å². The van der Waals surface area contributed by atoms with Gasteiger partial charge in [0.25, 0.3) is 0 Å². The van der Waals surface area contributed by atoms with Crippen molar-refractivity contribution in [1.82, 2.24) is 4.90 Å². The Morgan fingerprint density at radius 1 is 1.30 bits per heavy atom. The van der Waals surface area contributed by atoms with Gasteiger partial charge < -0.3 is 4.90 Å². The fourth-order valence-corrected chi connectivity index (χ4v) is 2.95. The summed E-state index contributed by atoms with van der Waals surface area (Å²) in [6.07, 6.45) is 2.62. The number of hydrogen-bond acceptors (Lipinski definition) is 2. The number of ketones is 1. The number of carbonyl (C=O) groups is 2. The zero-order valence-electron chi connectivity index (χ0n) is 11.4. The fourth-order valence-electron chi connectivity index (χ4n) is 2.63. The summed E-state index contributed by atoms with van der Waals surface area (Å²) in [7, 11) is 0. The van der Waals surface area contributed by atoms with E-state index in [1.807, 2.05) is 11.0 Å². The van der Waals surface area contributed by atoms with E-state index in [4.69, 9.17) is 23.2 Å². The van der Waals surface area contributed by atoms with Crippen molar-refractivity contribution in [1.29, 1.82) is 0 Å². The van der Waals surface area contributed by atoms with Crippen LogP contribution in [0.1, 0.15) is 31.7 Å². The second kappa shape index (κ2) is 6.59. The molecule has 0 aliphatic carbocycles. The molecular weight excluding hydrogens is 297 g/mol. The van der Waals surface area contributed by atoms with E-state index in [-0.39, 0.29) is 17.7 Å². The Morgan fingerprint density at radius 3 is 2.70 bits per heavy atom. The number of hydrogen-bond donors (Lipinski definition) is 0. The molecule has 1 heterocycles. The predicted octanol–water partition coefficient (Wildman–Crippen LogP) is 3.51. The summed E-state index contributed by atoms with van der Waals surface area (Å²) in [5, 5.41) is 0.942. The third-order valence-electron chi connectivity index (χ3n) is 3.56. The van der Waals surface area contributed by atoms with Crippen LogP contribution in [0.5, 0.6) is 0 Å². The standard InChI is InChI=1S/C15H17Cl2NO2/c1-10(19)7-12-3-2-6-18(12)15(20)9-11-4-5-13(16)14(17)8-11/h4-5,8,12H,2-3,6-7,9H2,1H3. The Bertz CT molecular complexity index is 531. The minimum Gasteiger partial charge on any atom is -0.339 e. The first-order valence-corrected chi connectivity index (χ1v) is 7.46. The van der Waals surface area contributed by atoms with E-state index in [0.29, 0.717) is 22.9 Å². The molecule has 1 aliphatic heterocycles. The van der Waals surface area contributed by atoms with Crippen LogP contribution in [0.25, 0.3) is 0 Å². The number of rotatable bonds is 4. The van der Waals surface area contributed by atoms with E-state index >= 15 is 0 Å². The topological polar surface area (TPSA) is 37.4 Å². The van der Waals surface area contributed by atoms with E-state index in [0.717, 1.165) is 24.9 Å². The highest BCUT2D eigenvalue weighted by atomic mass is 35.5. The molecule has 5 heteroatoms. The second-order valence-corrected chi connectivity index (χ2v) is 6.03.